The number of nitrogens with zero attached hydrogens (tertiary/aromatic N) is 3. The van der Waals surface area contributed by atoms with Gasteiger partial charge in [-0.05, 0) is 60.7 Å². The van der Waals surface area contributed by atoms with Crippen LogP contribution in [0.2, 0.25) is 0 Å². The molecule has 40 heavy (non-hydrogen) atoms. The second kappa shape index (κ2) is 10.1. The van der Waals surface area contributed by atoms with E-state index in [1.54, 1.807) is 23.2 Å². The molecule has 1 spiro atoms. The first-order chi connectivity index (χ1) is 19.3. The van der Waals surface area contributed by atoms with Gasteiger partial charge >= 0.3 is 0 Å². The van der Waals surface area contributed by atoms with Gasteiger partial charge in [0.05, 0.1) is 24.1 Å². The van der Waals surface area contributed by atoms with Crippen LogP contribution in [0.1, 0.15) is 40.8 Å². The number of hydrogen-bond acceptors (Lipinski definition) is 5. The minimum Gasteiger partial charge on any atom is -0.350 e. The fourth-order valence-electron chi connectivity index (χ4n) is 5.25. The maximum Gasteiger partial charge on any atom is 0.239 e. The number of carbonyl (C=O) groups is 2. The fraction of sp³-hybridized carbons (Fsp3) is 0.226. The van der Waals surface area contributed by atoms with Gasteiger partial charge in [-0.15, -0.1) is 0 Å². The first kappa shape index (κ1) is 25.6. The molecule has 202 valence electrons. The van der Waals surface area contributed by atoms with E-state index in [4.69, 9.17) is 4.98 Å². The Hall–Kier alpha value is -4.66. The van der Waals surface area contributed by atoms with Crippen molar-refractivity contribution in [3.8, 4) is 0 Å². The van der Waals surface area contributed by atoms with Crippen molar-refractivity contribution in [1.82, 2.24) is 9.97 Å². The van der Waals surface area contributed by atoms with Crippen LogP contribution in [0, 0.1) is 18.6 Å². The molecule has 9 heteroatoms. The van der Waals surface area contributed by atoms with Crippen LogP contribution in [0.3, 0.4) is 0 Å². The van der Waals surface area contributed by atoms with Gasteiger partial charge < -0.3 is 15.5 Å². The van der Waals surface area contributed by atoms with Gasteiger partial charge in [0.2, 0.25) is 17.8 Å². The zero-order chi connectivity index (χ0) is 27.9. The number of anilines is 3. The molecule has 2 heterocycles. The van der Waals surface area contributed by atoms with Crippen LogP contribution in [0.15, 0.2) is 72.9 Å². The van der Waals surface area contributed by atoms with Gasteiger partial charge in [-0.1, -0.05) is 36.4 Å². The predicted molar refractivity (Wildman–Crippen MR) is 148 cm³/mol. The summed E-state index contributed by atoms with van der Waals surface area (Å²) < 4.78 is 27.1. The average Bonchev–Trinajstić information content (AvgIpc) is 3.73. The predicted octanol–water partition coefficient (Wildman–Crippen LogP) is 5.43. The molecule has 4 aromatic rings. The third kappa shape index (κ3) is 5.02. The largest absolute Gasteiger partial charge is 0.350 e. The summed E-state index contributed by atoms with van der Waals surface area (Å²) in [5.41, 5.74) is 4.39. The maximum absolute atomic E-state index is 13.8. The lowest BCUT2D eigenvalue weighted by Crippen LogP contribution is -2.45. The van der Waals surface area contributed by atoms with Gasteiger partial charge in [-0.3, -0.25) is 9.59 Å². The van der Waals surface area contributed by atoms with E-state index in [-0.39, 0.29) is 17.9 Å². The summed E-state index contributed by atoms with van der Waals surface area (Å²) in [5, 5.41) is 6.05. The van der Waals surface area contributed by atoms with Crippen LogP contribution < -0.4 is 15.5 Å². The minimum atomic E-state index is -0.735. The van der Waals surface area contributed by atoms with Crippen LogP contribution in [0.5, 0.6) is 0 Å². The Kier molecular flexibility index (Phi) is 6.50. The number of rotatable bonds is 7. The highest BCUT2D eigenvalue weighted by atomic mass is 19.1. The van der Waals surface area contributed by atoms with E-state index in [9.17, 15) is 18.4 Å². The number of aryl methyl sites for hydroxylation is 1. The number of halogens is 2. The zero-order valence-electron chi connectivity index (χ0n) is 21.9. The second-order valence-electron chi connectivity index (χ2n) is 10.4. The molecule has 0 unspecified atom stereocenters. The van der Waals surface area contributed by atoms with Gasteiger partial charge in [-0.2, -0.15) is 0 Å². The van der Waals surface area contributed by atoms with Crippen molar-refractivity contribution < 1.29 is 18.4 Å². The van der Waals surface area contributed by atoms with E-state index >= 15 is 0 Å². The molecule has 3 aromatic carbocycles. The molecular formula is C31H27F2N5O2. The van der Waals surface area contributed by atoms with E-state index < -0.39 is 23.0 Å². The van der Waals surface area contributed by atoms with Crippen LogP contribution in [-0.4, -0.2) is 21.8 Å². The zero-order valence-corrected chi connectivity index (χ0v) is 21.9. The van der Waals surface area contributed by atoms with Crippen LogP contribution in [-0.2, 0) is 34.5 Å². The van der Waals surface area contributed by atoms with Gasteiger partial charge in [0.1, 0.15) is 11.6 Å². The van der Waals surface area contributed by atoms with Crippen molar-refractivity contribution >= 4 is 29.1 Å². The lowest BCUT2D eigenvalue weighted by Gasteiger charge is -2.34. The van der Waals surface area contributed by atoms with E-state index in [0.29, 0.717) is 43.3 Å². The van der Waals surface area contributed by atoms with Crippen molar-refractivity contribution in [2.75, 3.05) is 15.5 Å². The first-order valence-electron chi connectivity index (χ1n) is 13.1. The molecule has 0 atom stereocenters. The van der Waals surface area contributed by atoms with E-state index in [1.807, 2.05) is 43.3 Å². The molecule has 7 nitrogen and oxygen atoms in total. The summed E-state index contributed by atoms with van der Waals surface area (Å²) in [6.45, 7) is 2.81. The lowest BCUT2D eigenvalue weighted by molar-refractivity contribution is -0.121. The number of hydrogen-bond donors (Lipinski definition) is 2. The summed E-state index contributed by atoms with van der Waals surface area (Å²) in [5.74, 6) is -1.41. The van der Waals surface area contributed by atoms with Crippen LogP contribution >= 0.6 is 0 Å². The van der Waals surface area contributed by atoms with Gasteiger partial charge in [0, 0.05) is 35.7 Å². The topological polar surface area (TPSA) is 87.2 Å². The monoisotopic (exact) mass is 539 g/mol. The summed E-state index contributed by atoms with van der Waals surface area (Å²) in [6.07, 6.45) is 3.03. The van der Waals surface area contributed by atoms with Crippen molar-refractivity contribution in [2.45, 2.75) is 44.7 Å². The Bertz CT molecular complexity index is 1600. The molecule has 1 aromatic heterocycles. The lowest BCUT2D eigenvalue weighted by atomic mass is 9.91. The highest BCUT2D eigenvalue weighted by molar-refractivity contribution is 6.05. The highest BCUT2D eigenvalue weighted by Gasteiger charge is 2.58. The first-order valence-corrected chi connectivity index (χ1v) is 13.1. The summed E-state index contributed by atoms with van der Waals surface area (Å²) in [7, 11) is 0. The van der Waals surface area contributed by atoms with E-state index in [1.165, 1.54) is 0 Å². The summed E-state index contributed by atoms with van der Waals surface area (Å²) >= 11 is 0. The molecule has 0 radical (unpaired) electrons. The van der Waals surface area contributed by atoms with Gasteiger partial charge in [0.15, 0.2) is 0 Å². The number of amides is 2. The Labute approximate surface area is 230 Å². The number of aromatic nitrogens is 2. The molecule has 0 saturated heterocycles. The number of benzene rings is 3. The van der Waals surface area contributed by atoms with Crippen molar-refractivity contribution in [1.29, 1.82) is 0 Å². The normalized spacial score (nSPS) is 15.1. The number of carbonyl (C=O) groups excluding carboxylic acids is 2. The Balaban J connectivity index is 1.21. The molecule has 1 fully saturated rings. The van der Waals surface area contributed by atoms with Crippen LogP contribution in [0.4, 0.5) is 26.1 Å². The second-order valence-corrected chi connectivity index (χ2v) is 10.4. The van der Waals surface area contributed by atoms with Crippen molar-refractivity contribution in [3.63, 3.8) is 0 Å². The molecule has 6 rings (SSSR count). The molecular weight excluding hydrogens is 512 g/mol. The average molecular weight is 540 g/mol. The number of nitrogens with one attached hydrogen (secondary N) is 2. The minimum absolute atomic E-state index is 0.0190. The van der Waals surface area contributed by atoms with Gasteiger partial charge in [-0.25, -0.2) is 18.7 Å². The molecule has 1 aliphatic heterocycles. The number of fused-ring (bicyclic) bond motifs is 2. The quantitative estimate of drug-likeness (QED) is 0.327. The highest BCUT2D eigenvalue weighted by Crippen LogP contribution is 2.53. The summed E-state index contributed by atoms with van der Waals surface area (Å²) in [6, 6.07) is 18.3. The van der Waals surface area contributed by atoms with Crippen LogP contribution in [0.25, 0.3) is 0 Å². The third-order valence-electron chi connectivity index (χ3n) is 7.41. The Morgan fingerprint density at radius 3 is 2.48 bits per heavy atom. The fourth-order valence-corrected chi connectivity index (χ4v) is 5.25. The summed E-state index contributed by atoms with van der Waals surface area (Å²) in [4.78, 5) is 37.5. The van der Waals surface area contributed by atoms with E-state index in [2.05, 4.69) is 15.6 Å². The van der Waals surface area contributed by atoms with Crippen molar-refractivity contribution in [2.24, 2.45) is 0 Å². The molecule has 2 N–H and O–H groups in total. The Morgan fingerprint density at radius 2 is 1.75 bits per heavy atom. The Morgan fingerprint density at radius 1 is 1.00 bits per heavy atom. The molecule has 2 amide bonds. The third-order valence-corrected chi connectivity index (χ3v) is 7.41. The SMILES string of the molecule is Cc1ccc(NC(=O)Cc2cc(F)cc(F)c2)cc1N1Cc2cnc(NCc3ccccc3)nc2C2(CC2)C1=O. The molecule has 1 aliphatic carbocycles. The molecule has 2 aliphatic rings. The molecule has 0 bridgehead atoms. The van der Waals surface area contributed by atoms with E-state index in [0.717, 1.165) is 40.6 Å². The maximum atomic E-state index is 13.8. The smallest absolute Gasteiger partial charge is 0.239 e. The molecule has 1 saturated carbocycles. The van der Waals surface area contributed by atoms with Gasteiger partial charge in [0.25, 0.3) is 0 Å². The standard InChI is InChI=1S/C31H27F2N5O2/c1-19-7-8-25(36-27(39)13-21-11-23(32)14-24(33)12-21)15-26(19)38-18-22-17-35-30(34-16-20-5-3-2-4-6-20)37-28(22)31(9-10-31)29(38)40/h2-8,11-12,14-15,17H,9-10,13,16,18H2,1H3,(H,36,39)(H,34,35,37). The van der Waals surface area contributed by atoms with Crippen molar-refractivity contribution in [3.05, 3.63) is 113 Å².